The molecule has 4 atom stereocenters. The van der Waals surface area contributed by atoms with Crippen LogP contribution in [0.15, 0.2) is 74.6 Å². The number of allylic oxidation sites excluding steroid dienone is 2. The van der Waals surface area contributed by atoms with E-state index in [0.717, 1.165) is 15.5 Å². The lowest BCUT2D eigenvalue weighted by atomic mass is 9.56. The first-order chi connectivity index (χ1) is 26.2. The number of hydrogen-bond acceptors (Lipinski definition) is 9. The number of hydrogen-bond donors (Lipinski definition) is 1. The van der Waals surface area contributed by atoms with Gasteiger partial charge in [-0.1, -0.05) is 29.3 Å². The Morgan fingerprint density at radius 1 is 0.982 bits per heavy atom. The lowest BCUT2D eigenvalue weighted by Gasteiger charge is -2.47. The van der Waals surface area contributed by atoms with Crippen molar-refractivity contribution in [1.82, 2.24) is 23.5 Å². The largest absolute Gasteiger partial charge is 0.508 e. The van der Waals surface area contributed by atoms with Gasteiger partial charge in [0.05, 0.1) is 59.9 Å². The highest BCUT2D eigenvalue weighted by Gasteiger charge is 2.65. The Bertz CT molecular complexity index is 2720. The zero-order chi connectivity index (χ0) is 39.2. The molecule has 3 aromatic carbocycles. The van der Waals surface area contributed by atoms with Crippen LogP contribution in [0.3, 0.4) is 0 Å². The molecule has 14 nitrogen and oxygen atoms in total. The zero-order valence-electron chi connectivity index (χ0n) is 29.9. The third-order valence-electron chi connectivity index (χ3n) is 11.3. The standard InChI is InChI=1S/C38H33Cl2FN6O8/c1-38-22(33(49)46(35(38)51)19-6-7-24(41)23(40)14-19)15-27-20(32(38)21-13-18(39)5-8-29(21)48)9-12-45-36(52)44(37(53)47(27)45)11-10-25-34(50)43(2)28-17-31(55-4)30(54-3)16-26(28)42-25/h5-9,13-14,16-17,22,27,32,48H,10-12,15H2,1-4H3/t22-,27+,32+,38+/m0/s1. The first-order valence-electron chi connectivity index (χ1n) is 17.3. The summed E-state index contributed by atoms with van der Waals surface area (Å²) >= 11 is 12.5. The summed E-state index contributed by atoms with van der Waals surface area (Å²) in [4.78, 5) is 76.1. The van der Waals surface area contributed by atoms with E-state index >= 15 is 0 Å². The van der Waals surface area contributed by atoms with Gasteiger partial charge >= 0.3 is 11.4 Å². The molecule has 0 unspecified atom stereocenters. The molecule has 1 saturated heterocycles. The Morgan fingerprint density at radius 3 is 2.42 bits per heavy atom. The number of aryl methyl sites for hydroxylation is 2. The Labute approximate surface area is 321 Å². The van der Waals surface area contributed by atoms with E-state index in [4.69, 9.17) is 32.7 Å². The van der Waals surface area contributed by atoms with Gasteiger partial charge in [-0.25, -0.2) is 37.8 Å². The third-order valence-corrected chi connectivity index (χ3v) is 11.8. The molecule has 284 valence electrons. The minimum absolute atomic E-state index is 0.0579. The van der Waals surface area contributed by atoms with E-state index < -0.39 is 57.9 Å². The Morgan fingerprint density at radius 2 is 1.71 bits per heavy atom. The molecule has 2 amide bonds. The van der Waals surface area contributed by atoms with Gasteiger partial charge in [0.15, 0.2) is 11.5 Å². The summed E-state index contributed by atoms with van der Waals surface area (Å²) < 4.78 is 29.9. The minimum Gasteiger partial charge on any atom is -0.508 e. The molecule has 55 heavy (non-hydrogen) atoms. The summed E-state index contributed by atoms with van der Waals surface area (Å²) in [7, 11) is 4.54. The van der Waals surface area contributed by atoms with Crippen molar-refractivity contribution in [2.45, 2.75) is 44.8 Å². The molecule has 8 rings (SSSR count). The minimum atomic E-state index is -1.51. The highest BCUT2D eigenvalue weighted by molar-refractivity contribution is 6.32. The number of nitrogens with zero attached hydrogens (tertiary/aromatic N) is 6. The normalized spacial score (nSPS) is 21.7. The van der Waals surface area contributed by atoms with Crippen LogP contribution in [0.4, 0.5) is 10.1 Å². The van der Waals surface area contributed by atoms with Crippen LogP contribution in [0.25, 0.3) is 11.0 Å². The average Bonchev–Trinajstić information content (AvgIpc) is 3.53. The number of benzene rings is 3. The smallest absolute Gasteiger partial charge is 0.347 e. The van der Waals surface area contributed by atoms with Gasteiger partial charge in [-0.15, -0.1) is 0 Å². The third kappa shape index (κ3) is 5.27. The summed E-state index contributed by atoms with van der Waals surface area (Å²) in [6.45, 7) is 1.37. The van der Waals surface area contributed by atoms with E-state index in [-0.39, 0.29) is 58.7 Å². The maximum absolute atomic E-state index is 14.6. The molecule has 4 heterocycles. The summed E-state index contributed by atoms with van der Waals surface area (Å²) in [5.41, 5.74) is -1.37. The molecular formula is C38H33Cl2FN6O8. The van der Waals surface area contributed by atoms with Crippen molar-refractivity contribution < 1.29 is 28.6 Å². The molecule has 5 aromatic rings. The van der Waals surface area contributed by atoms with Crippen molar-refractivity contribution in [3.63, 3.8) is 0 Å². The second-order valence-electron chi connectivity index (χ2n) is 14.0. The van der Waals surface area contributed by atoms with Crippen molar-refractivity contribution in [1.29, 1.82) is 0 Å². The first-order valence-corrected chi connectivity index (χ1v) is 18.0. The maximum atomic E-state index is 14.6. The number of aromatic hydroxyl groups is 1. The van der Waals surface area contributed by atoms with Crippen LogP contribution in [0, 0.1) is 17.2 Å². The number of anilines is 1. The summed E-state index contributed by atoms with van der Waals surface area (Å²) in [5.74, 6) is -3.36. The van der Waals surface area contributed by atoms with Crippen LogP contribution in [0.1, 0.15) is 36.6 Å². The molecule has 2 aromatic heterocycles. The number of rotatable bonds is 7. The van der Waals surface area contributed by atoms with Gasteiger partial charge in [0.2, 0.25) is 11.8 Å². The number of ether oxygens (including phenoxy) is 2. The molecule has 17 heteroatoms. The van der Waals surface area contributed by atoms with E-state index in [1.807, 2.05) is 0 Å². The number of imide groups is 1. The van der Waals surface area contributed by atoms with Gasteiger partial charge in [0, 0.05) is 48.6 Å². The second kappa shape index (κ2) is 13.0. The highest BCUT2D eigenvalue weighted by Crippen LogP contribution is 2.62. The van der Waals surface area contributed by atoms with Crippen molar-refractivity contribution in [2.75, 3.05) is 19.1 Å². The van der Waals surface area contributed by atoms with Crippen LogP contribution < -0.4 is 31.3 Å². The van der Waals surface area contributed by atoms with Gasteiger partial charge in [0.1, 0.15) is 17.3 Å². The molecule has 1 N–H and O–H groups in total. The van der Waals surface area contributed by atoms with Gasteiger partial charge < -0.3 is 19.1 Å². The van der Waals surface area contributed by atoms with Crippen molar-refractivity contribution in [3.8, 4) is 17.2 Å². The fourth-order valence-electron chi connectivity index (χ4n) is 8.58. The van der Waals surface area contributed by atoms with Gasteiger partial charge in [-0.3, -0.25) is 14.4 Å². The number of phenolic OH excluding ortho intramolecular Hbond substituents is 1. The molecule has 0 spiro atoms. The van der Waals surface area contributed by atoms with Crippen molar-refractivity contribution >= 4 is 51.7 Å². The number of aromatic nitrogens is 5. The Hall–Kier alpha value is -5.67. The summed E-state index contributed by atoms with van der Waals surface area (Å²) in [5, 5.41) is 11.2. The van der Waals surface area contributed by atoms with E-state index in [9.17, 15) is 33.5 Å². The summed E-state index contributed by atoms with van der Waals surface area (Å²) in [6.07, 6.45) is 1.61. The molecule has 1 saturated carbocycles. The van der Waals surface area contributed by atoms with Gasteiger partial charge in [-0.2, -0.15) is 0 Å². The number of carbonyl (C=O) groups is 2. The van der Waals surface area contributed by atoms with Gasteiger partial charge in [0.25, 0.3) is 5.56 Å². The lowest BCUT2D eigenvalue weighted by Crippen LogP contribution is -2.49. The van der Waals surface area contributed by atoms with Gasteiger partial charge in [-0.05, 0) is 55.3 Å². The number of fused-ring (bicyclic) bond motifs is 5. The predicted octanol–water partition coefficient (Wildman–Crippen LogP) is 4.33. The quantitative estimate of drug-likeness (QED) is 0.187. The van der Waals surface area contributed by atoms with E-state index in [2.05, 4.69) is 4.98 Å². The molecule has 2 aliphatic heterocycles. The molecule has 0 radical (unpaired) electrons. The molecule has 1 aliphatic carbocycles. The zero-order valence-corrected chi connectivity index (χ0v) is 31.4. The number of halogens is 3. The Kier molecular flexibility index (Phi) is 8.57. The van der Waals surface area contributed by atoms with E-state index in [1.165, 1.54) is 58.5 Å². The SMILES string of the molecule is COc1cc2nc(CCn3c(=O)n4n(c3=O)[C@@H]3C[C@H]5C(=O)N(c6ccc(F)c(Cl)c6)C(=O)[C@@]5(C)[C@@H](c5cc(Cl)ccc5O)C3=CC4)c(=O)n(C)c2cc1OC. The number of phenols is 1. The highest BCUT2D eigenvalue weighted by atomic mass is 35.5. The Balaban J connectivity index is 1.21. The van der Waals surface area contributed by atoms with E-state index in [0.29, 0.717) is 28.1 Å². The number of amides is 2. The van der Waals surface area contributed by atoms with Crippen LogP contribution in [-0.4, -0.2) is 54.6 Å². The molecule has 0 bridgehead atoms. The first kappa shape index (κ1) is 36.3. The number of carbonyl (C=O) groups excluding carboxylic acids is 2. The summed E-state index contributed by atoms with van der Waals surface area (Å²) in [6, 6.07) is 10.3. The van der Waals surface area contributed by atoms with Crippen LogP contribution in [0.5, 0.6) is 17.2 Å². The van der Waals surface area contributed by atoms with Crippen LogP contribution in [-0.2, 0) is 36.1 Å². The van der Waals surface area contributed by atoms with E-state index in [1.54, 1.807) is 32.2 Å². The molecular weight excluding hydrogens is 758 g/mol. The number of methoxy groups -OCH3 is 2. The van der Waals surface area contributed by atoms with Crippen LogP contribution in [0.2, 0.25) is 10.0 Å². The fraction of sp³-hybridized carbons (Fsp3) is 0.316. The molecule has 3 aliphatic rings. The van der Waals surface area contributed by atoms with Crippen LogP contribution >= 0.6 is 23.2 Å². The topological polar surface area (TPSA) is 160 Å². The van der Waals surface area contributed by atoms with Crippen molar-refractivity contribution in [2.24, 2.45) is 18.4 Å². The van der Waals surface area contributed by atoms with Crippen molar-refractivity contribution in [3.05, 3.63) is 119 Å². The maximum Gasteiger partial charge on any atom is 0.347 e. The lowest BCUT2D eigenvalue weighted by molar-refractivity contribution is -0.129. The average molecular weight is 792 g/mol. The molecule has 2 fully saturated rings. The predicted molar refractivity (Wildman–Crippen MR) is 200 cm³/mol. The fourth-order valence-corrected chi connectivity index (χ4v) is 8.93. The monoisotopic (exact) mass is 790 g/mol. The second-order valence-corrected chi connectivity index (χ2v) is 14.9.